The minimum atomic E-state index is -4.26. The molecule has 1 heterocycles. The molecule has 6 nitrogen and oxygen atoms in total. The van der Waals surface area contributed by atoms with Crippen LogP contribution in [0.2, 0.25) is 0 Å². The molecule has 0 aliphatic carbocycles. The maximum absolute atomic E-state index is 12.1. The van der Waals surface area contributed by atoms with Gasteiger partial charge in [-0.1, -0.05) is 0 Å². The third kappa shape index (κ3) is 5.02. The lowest BCUT2D eigenvalue weighted by atomic mass is 10.2. The van der Waals surface area contributed by atoms with Crippen molar-refractivity contribution in [2.45, 2.75) is 32.5 Å². The summed E-state index contributed by atoms with van der Waals surface area (Å²) in [5, 5.41) is 2.50. The number of aromatic nitrogens is 3. The van der Waals surface area contributed by atoms with Gasteiger partial charge in [-0.05, 0) is 13.8 Å². The Morgan fingerprint density at radius 2 is 2.00 bits per heavy atom. The minimum absolute atomic E-state index is 0.0216. The van der Waals surface area contributed by atoms with Crippen molar-refractivity contribution in [2.75, 3.05) is 17.7 Å². The van der Waals surface area contributed by atoms with Crippen molar-refractivity contribution in [3.63, 3.8) is 0 Å². The summed E-state index contributed by atoms with van der Waals surface area (Å²) in [5.74, 6) is -0.155. The highest BCUT2D eigenvalue weighted by Gasteiger charge is 2.30. The zero-order valence-corrected chi connectivity index (χ0v) is 9.95. The van der Waals surface area contributed by atoms with E-state index in [1.165, 1.54) is 6.92 Å². The van der Waals surface area contributed by atoms with Crippen LogP contribution in [0.15, 0.2) is 0 Å². The molecule has 0 aliphatic rings. The molecule has 0 aliphatic heterocycles. The Kier molecular flexibility index (Phi) is 4.51. The number of nitrogens with two attached hydrogens (primary N) is 1. The van der Waals surface area contributed by atoms with Crippen LogP contribution in [0, 0.1) is 0 Å². The SMILES string of the molecule is CCOc1nc(N)nc(NC(C)CC(F)(F)F)n1. The highest BCUT2D eigenvalue weighted by atomic mass is 19.4. The van der Waals surface area contributed by atoms with Crippen molar-refractivity contribution in [1.29, 1.82) is 0 Å². The predicted octanol–water partition coefficient (Wildman–Crippen LogP) is 1.61. The molecule has 0 saturated carbocycles. The van der Waals surface area contributed by atoms with Crippen LogP contribution in [0.5, 0.6) is 6.01 Å². The normalized spacial score (nSPS) is 13.2. The Labute approximate surface area is 102 Å². The van der Waals surface area contributed by atoms with Crippen molar-refractivity contribution in [3.8, 4) is 6.01 Å². The van der Waals surface area contributed by atoms with E-state index in [0.29, 0.717) is 6.61 Å². The number of anilines is 2. The summed E-state index contributed by atoms with van der Waals surface area (Å²) in [5.41, 5.74) is 5.39. The van der Waals surface area contributed by atoms with E-state index < -0.39 is 18.6 Å². The first kappa shape index (κ1) is 14.3. The molecule has 0 radical (unpaired) electrons. The number of halogens is 3. The number of ether oxygens (including phenoxy) is 1. The van der Waals surface area contributed by atoms with Crippen molar-refractivity contribution in [3.05, 3.63) is 0 Å². The van der Waals surface area contributed by atoms with Gasteiger partial charge in [-0.2, -0.15) is 28.1 Å². The molecule has 1 unspecified atom stereocenters. The molecule has 1 atom stereocenters. The zero-order valence-electron chi connectivity index (χ0n) is 9.95. The Morgan fingerprint density at radius 3 is 2.56 bits per heavy atom. The van der Waals surface area contributed by atoms with E-state index in [1.54, 1.807) is 6.92 Å². The predicted molar refractivity (Wildman–Crippen MR) is 59.2 cm³/mol. The summed E-state index contributed by atoms with van der Waals surface area (Å²) in [4.78, 5) is 11.2. The van der Waals surface area contributed by atoms with Crippen LogP contribution < -0.4 is 15.8 Å². The van der Waals surface area contributed by atoms with Gasteiger partial charge in [-0.15, -0.1) is 0 Å². The number of nitrogen functional groups attached to an aromatic ring is 1. The van der Waals surface area contributed by atoms with Crippen molar-refractivity contribution < 1.29 is 17.9 Å². The molecule has 1 rings (SSSR count). The zero-order chi connectivity index (χ0) is 13.8. The largest absolute Gasteiger partial charge is 0.464 e. The van der Waals surface area contributed by atoms with Gasteiger partial charge >= 0.3 is 12.2 Å². The monoisotopic (exact) mass is 265 g/mol. The fourth-order valence-corrected chi connectivity index (χ4v) is 1.25. The van der Waals surface area contributed by atoms with E-state index in [4.69, 9.17) is 10.5 Å². The second-order valence-corrected chi connectivity index (χ2v) is 3.60. The van der Waals surface area contributed by atoms with Gasteiger partial charge < -0.3 is 15.8 Å². The fraction of sp³-hybridized carbons (Fsp3) is 0.667. The summed E-state index contributed by atoms with van der Waals surface area (Å²) in [6, 6.07) is -0.895. The van der Waals surface area contributed by atoms with E-state index in [1.807, 2.05) is 0 Å². The van der Waals surface area contributed by atoms with E-state index in [-0.39, 0.29) is 17.9 Å². The number of hydrogen-bond acceptors (Lipinski definition) is 6. The first-order chi connectivity index (χ1) is 8.30. The molecular formula is C9H14F3N5O. The van der Waals surface area contributed by atoms with E-state index >= 15 is 0 Å². The summed E-state index contributed by atoms with van der Waals surface area (Å²) in [6.07, 6.45) is -5.25. The molecule has 0 bridgehead atoms. The first-order valence-corrected chi connectivity index (χ1v) is 5.27. The van der Waals surface area contributed by atoms with Crippen LogP contribution in [-0.2, 0) is 0 Å². The van der Waals surface area contributed by atoms with Crippen molar-refractivity contribution >= 4 is 11.9 Å². The Balaban J connectivity index is 2.71. The Hall–Kier alpha value is -1.80. The highest BCUT2D eigenvalue weighted by Crippen LogP contribution is 2.22. The standard InChI is InChI=1S/C9H14F3N5O/c1-3-18-8-16-6(13)15-7(17-8)14-5(2)4-9(10,11)12/h5H,3-4H2,1-2H3,(H3,13,14,15,16,17). The van der Waals surface area contributed by atoms with Crippen LogP contribution in [0.3, 0.4) is 0 Å². The number of hydrogen-bond donors (Lipinski definition) is 2. The van der Waals surface area contributed by atoms with Gasteiger partial charge in [0, 0.05) is 6.04 Å². The van der Waals surface area contributed by atoms with Gasteiger partial charge in [0.15, 0.2) is 0 Å². The second kappa shape index (κ2) is 5.69. The van der Waals surface area contributed by atoms with Crippen molar-refractivity contribution in [1.82, 2.24) is 15.0 Å². The number of nitrogens with zero attached hydrogens (tertiary/aromatic N) is 3. The molecule has 0 amide bonds. The maximum Gasteiger partial charge on any atom is 0.391 e. The first-order valence-electron chi connectivity index (χ1n) is 5.27. The fourth-order valence-electron chi connectivity index (χ4n) is 1.25. The molecule has 0 fully saturated rings. The molecule has 0 spiro atoms. The van der Waals surface area contributed by atoms with Crippen LogP contribution in [0.1, 0.15) is 20.3 Å². The van der Waals surface area contributed by atoms with Crippen LogP contribution in [-0.4, -0.2) is 33.8 Å². The molecule has 102 valence electrons. The van der Waals surface area contributed by atoms with Gasteiger partial charge in [-0.3, -0.25) is 0 Å². The Bertz CT molecular complexity index is 398. The second-order valence-electron chi connectivity index (χ2n) is 3.60. The van der Waals surface area contributed by atoms with Gasteiger partial charge in [0.05, 0.1) is 13.0 Å². The molecule has 18 heavy (non-hydrogen) atoms. The molecule has 9 heteroatoms. The lowest BCUT2D eigenvalue weighted by Crippen LogP contribution is -2.25. The van der Waals surface area contributed by atoms with Gasteiger partial charge in [0.25, 0.3) is 0 Å². The minimum Gasteiger partial charge on any atom is -0.464 e. The number of alkyl halides is 3. The average Bonchev–Trinajstić information content (AvgIpc) is 2.12. The Morgan fingerprint density at radius 1 is 1.33 bits per heavy atom. The highest BCUT2D eigenvalue weighted by molar-refractivity contribution is 5.33. The summed E-state index contributed by atoms with van der Waals surface area (Å²) >= 11 is 0. The molecule has 1 aromatic rings. The lowest BCUT2D eigenvalue weighted by molar-refractivity contribution is -0.136. The van der Waals surface area contributed by atoms with Crippen LogP contribution in [0.4, 0.5) is 25.1 Å². The molecular weight excluding hydrogens is 251 g/mol. The number of rotatable bonds is 5. The van der Waals surface area contributed by atoms with Gasteiger partial charge in [-0.25, -0.2) is 0 Å². The average molecular weight is 265 g/mol. The third-order valence-electron chi connectivity index (χ3n) is 1.82. The summed E-state index contributed by atoms with van der Waals surface area (Å²) in [6.45, 7) is 3.41. The maximum atomic E-state index is 12.1. The number of nitrogens with one attached hydrogen (secondary N) is 1. The molecule has 0 saturated heterocycles. The van der Waals surface area contributed by atoms with Crippen molar-refractivity contribution in [2.24, 2.45) is 0 Å². The summed E-state index contributed by atoms with van der Waals surface area (Å²) in [7, 11) is 0. The van der Waals surface area contributed by atoms with Crippen LogP contribution >= 0.6 is 0 Å². The van der Waals surface area contributed by atoms with E-state index in [2.05, 4.69) is 20.3 Å². The van der Waals surface area contributed by atoms with Gasteiger partial charge in [0.2, 0.25) is 11.9 Å². The topological polar surface area (TPSA) is 86.0 Å². The molecule has 0 aromatic carbocycles. The quantitative estimate of drug-likeness (QED) is 0.841. The molecule has 3 N–H and O–H groups in total. The van der Waals surface area contributed by atoms with Crippen LogP contribution in [0.25, 0.3) is 0 Å². The molecule has 1 aromatic heterocycles. The van der Waals surface area contributed by atoms with Gasteiger partial charge in [0.1, 0.15) is 0 Å². The third-order valence-corrected chi connectivity index (χ3v) is 1.82. The van der Waals surface area contributed by atoms with E-state index in [9.17, 15) is 13.2 Å². The van der Waals surface area contributed by atoms with E-state index in [0.717, 1.165) is 0 Å². The smallest absolute Gasteiger partial charge is 0.391 e. The summed E-state index contributed by atoms with van der Waals surface area (Å²) < 4.78 is 41.4. The lowest BCUT2D eigenvalue weighted by Gasteiger charge is -2.15.